The number of hydrogen-bond donors (Lipinski definition) is 2. The molecule has 0 aliphatic carbocycles. The fourth-order valence-corrected chi connectivity index (χ4v) is 3.26. The van der Waals surface area contributed by atoms with Crippen molar-refractivity contribution in [3.63, 3.8) is 0 Å². The number of nitrogens with one attached hydrogen (secondary N) is 1. The van der Waals surface area contributed by atoms with Crippen LogP contribution in [0.2, 0.25) is 0 Å². The highest BCUT2D eigenvalue weighted by molar-refractivity contribution is 6.04. The number of carbonyl (C=O) groups excluding carboxylic acids is 1. The van der Waals surface area contributed by atoms with Crippen molar-refractivity contribution >= 4 is 16.8 Å². The minimum atomic E-state index is -0.0605. The molecule has 0 bridgehead atoms. The number of rotatable bonds is 3. The number of amides is 1. The first-order valence-electron chi connectivity index (χ1n) is 8.09. The van der Waals surface area contributed by atoms with Gasteiger partial charge in [0.2, 0.25) is 0 Å². The van der Waals surface area contributed by atoms with E-state index in [1.54, 1.807) is 0 Å². The quantitative estimate of drug-likeness (QED) is 0.896. The van der Waals surface area contributed by atoms with Gasteiger partial charge < -0.3 is 14.9 Å². The van der Waals surface area contributed by atoms with Gasteiger partial charge >= 0.3 is 0 Å². The molecule has 124 valence electrons. The standard InChI is InChI=1S/C17H24N4O2/c1-20(2)13-8-7-12(11-22)9-21(10-13)17(23)16-14-5-3-4-6-15(14)18-19-16/h3-6,12-13,22H,7-11H2,1-2H3,(H,18,19)/t12-,13+/m0/s1. The normalized spacial score (nSPS) is 22.5. The van der Waals surface area contributed by atoms with Crippen LogP contribution in [0.1, 0.15) is 23.3 Å². The number of hydrogen-bond acceptors (Lipinski definition) is 4. The topological polar surface area (TPSA) is 72.5 Å². The highest BCUT2D eigenvalue weighted by atomic mass is 16.3. The average Bonchev–Trinajstić information content (AvgIpc) is 2.85. The molecular weight excluding hydrogens is 292 g/mol. The zero-order valence-corrected chi connectivity index (χ0v) is 13.7. The van der Waals surface area contributed by atoms with Gasteiger partial charge in [0.05, 0.1) is 5.52 Å². The van der Waals surface area contributed by atoms with Crippen LogP contribution in [0.4, 0.5) is 0 Å². The third kappa shape index (κ3) is 3.23. The van der Waals surface area contributed by atoms with E-state index in [1.165, 1.54) is 0 Å². The fraction of sp³-hybridized carbons (Fsp3) is 0.529. The molecule has 1 saturated heterocycles. The summed E-state index contributed by atoms with van der Waals surface area (Å²) >= 11 is 0. The summed E-state index contributed by atoms with van der Waals surface area (Å²) in [5.74, 6) is 0.0729. The number of aliphatic hydroxyl groups is 1. The minimum absolute atomic E-state index is 0.0605. The van der Waals surface area contributed by atoms with Crippen LogP contribution in [-0.4, -0.2) is 70.8 Å². The Labute approximate surface area is 136 Å². The van der Waals surface area contributed by atoms with Crippen molar-refractivity contribution in [3.8, 4) is 0 Å². The van der Waals surface area contributed by atoms with Crippen molar-refractivity contribution in [2.24, 2.45) is 5.92 Å². The molecule has 1 aliphatic heterocycles. The molecule has 1 aliphatic rings. The zero-order chi connectivity index (χ0) is 16.4. The van der Waals surface area contributed by atoms with E-state index in [9.17, 15) is 9.90 Å². The maximum absolute atomic E-state index is 13.0. The number of carbonyl (C=O) groups is 1. The number of para-hydroxylation sites is 1. The van der Waals surface area contributed by atoms with E-state index >= 15 is 0 Å². The average molecular weight is 316 g/mol. The van der Waals surface area contributed by atoms with Gasteiger partial charge in [-0.3, -0.25) is 9.89 Å². The molecule has 2 heterocycles. The first kappa shape index (κ1) is 16.0. The van der Waals surface area contributed by atoms with Gasteiger partial charge in [0.25, 0.3) is 5.91 Å². The lowest BCUT2D eigenvalue weighted by Gasteiger charge is -2.28. The molecule has 23 heavy (non-hydrogen) atoms. The van der Waals surface area contributed by atoms with E-state index in [1.807, 2.05) is 43.3 Å². The lowest BCUT2D eigenvalue weighted by atomic mass is 10.0. The molecule has 0 saturated carbocycles. The van der Waals surface area contributed by atoms with Gasteiger partial charge in [0.1, 0.15) is 0 Å². The number of fused-ring (bicyclic) bond motifs is 1. The molecule has 6 nitrogen and oxygen atoms in total. The molecule has 3 rings (SSSR count). The van der Waals surface area contributed by atoms with E-state index < -0.39 is 0 Å². The van der Waals surface area contributed by atoms with Crippen molar-refractivity contribution in [2.45, 2.75) is 18.9 Å². The third-order valence-electron chi connectivity index (χ3n) is 4.77. The Hall–Kier alpha value is -1.92. The molecule has 2 aromatic rings. The van der Waals surface area contributed by atoms with Crippen LogP contribution in [0.15, 0.2) is 24.3 Å². The van der Waals surface area contributed by atoms with E-state index in [4.69, 9.17) is 0 Å². The van der Waals surface area contributed by atoms with E-state index in [0.717, 1.165) is 23.7 Å². The third-order valence-corrected chi connectivity index (χ3v) is 4.77. The van der Waals surface area contributed by atoms with Crippen LogP contribution in [0.5, 0.6) is 0 Å². The summed E-state index contributed by atoms with van der Waals surface area (Å²) < 4.78 is 0. The number of likely N-dealkylation sites (N-methyl/N-ethyl adjacent to an activating group) is 1. The summed E-state index contributed by atoms with van der Waals surface area (Å²) in [6.45, 7) is 1.37. The van der Waals surface area contributed by atoms with E-state index in [2.05, 4.69) is 15.1 Å². The second-order valence-corrected chi connectivity index (χ2v) is 6.57. The summed E-state index contributed by atoms with van der Waals surface area (Å²) in [5.41, 5.74) is 1.34. The highest BCUT2D eigenvalue weighted by Gasteiger charge is 2.30. The molecule has 2 N–H and O–H groups in total. The van der Waals surface area contributed by atoms with E-state index in [0.29, 0.717) is 24.8 Å². The van der Waals surface area contributed by atoms with Gasteiger partial charge in [-0.1, -0.05) is 18.2 Å². The lowest BCUT2D eigenvalue weighted by molar-refractivity contribution is 0.0685. The lowest BCUT2D eigenvalue weighted by Crippen LogP contribution is -2.43. The monoisotopic (exact) mass is 316 g/mol. The summed E-state index contributed by atoms with van der Waals surface area (Å²) in [4.78, 5) is 17.0. The molecule has 2 atom stereocenters. The number of likely N-dealkylation sites (tertiary alicyclic amines) is 1. The number of aliphatic hydroxyl groups excluding tert-OH is 1. The Kier molecular flexibility index (Phi) is 4.63. The number of nitrogens with zero attached hydrogens (tertiary/aromatic N) is 3. The number of H-pyrrole nitrogens is 1. The largest absolute Gasteiger partial charge is 0.396 e. The second-order valence-electron chi connectivity index (χ2n) is 6.57. The van der Waals surface area contributed by atoms with Crippen LogP contribution in [0.3, 0.4) is 0 Å². The first-order valence-corrected chi connectivity index (χ1v) is 8.09. The highest BCUT2D eigenvalue weighted by Crippen LogP contribution is 2.22. The number of aromatic amines is 1. The van der Waals surface area contributed by atoms with Gasteiger partial charge in [-0.2, -0.15) is 5.10 Å². The second kappa shape index (κ2) is 6.68. The molecule has 6 heteroatoms. The predicted octanol–water partition coefficient (Wildman–Crippen LogP) is 1.34. The van der Waals surface area contributed by atoms with Crippen molar-refractivity contribution in [2.75, 3.05) is 33.8 Å². The van der Waals surface area contributed by atoms with Crippen LogP contribution >= 0.6 is 0 Å². The Morgan fingerprint density at radius 3 is 2.87 bits per heavy atom. The number of benzene rings is 1. The summed E-state index contributed by atoms with van der Waals surface area (Å²) in [5, 5.41) is 17.6. The molecule has 1 amide bonds. The Morgan fingerprint density at radius 2 is 2.13 bits per heavy atom. The Morgan fingerprint density at radius 1 is 1.35 bits per heavy atom. The molecule has 1 aromatic heterocycles. The van der Waals surface area contributed by atoms with Gasteiger partial charge in [-0.05, 0) is 38.9 Å². The van der Waals surface area contributed by atoms with Crippen LogP contribution in [0.25, 0.3) is 10.9 Å². The predicted molar refractivity (Wildman–Crippen MR) is 89.3 cm³/mol. The fourth-order valence-electron chi connectivity index (χ4n) is 3.26. The number of aromatic nitrogens is 2. The molecule has 1 aromatic carbocycles. The Bertz CT molecular complexity index is 682. The molecular formula is C17H24N4O2. The SMILES string of the molecule is CN(C)[C@@H]1CC[C@H](CO)CN(C(=O)c2n[nH]c3ccccc23)C1. The van der Waals surface area contributed by atoms with Crippen LogP contribution in [-0.2, 0) is 0 Å². The maximum atomic E-state index is 13.0. The maximum Gasteiger partial charge on any atom is 0.275 e. The molecule has 1 fully saturated rings. The first-order chi connectivity index (χ1) is 11.1. The van der Waals surface area contributed by atoms with Gasteiger partial charge in [0.15, 0.2) is 5.69 Å². The van der Waals surface area contributed by atoms with Crippen molar-refractivity contribution in [3.05, 3.63) is 30.0 Å². The summed E-state index contributed by atoms with van der Waals surface area (Å²) in [6, 6.07) is 7.97. The molecule has 0 radical (unpaired) electrons. The van der Waals surface area contributed by atoms with Crippen LogP contribution < -0.4 is 0 Å². The van der Waals surface area contributed by atoms with Crippen molar-refractivity contribution < 1.29 is 9.90 Å². The molecule has 0 spiro atoms. The van der Waals surface area contributed by atoms with E-state index in [-0.39, 0.29) is 18.4 Å². The van der Waals surface area contributed by atoms with Gasteiger partial charge in [-0.15, -0.1) is 0 Å². The van der Waals surface area contributed by atoms with Crippen LogP contribution in [0, 0.1) is 5.92 Å². The summed E-state index contributed by atoms with van der Waals surface area (Å²) in [6.07, 6.45) is 1.92. The zero-order valence-electron chi connectivity index (χ0n) is 13.7. The Balaban J connectivity index is 1.89. The van der Waals surface area contributed by atoms with Gasteiger partial charge in [0, 0.05) is 31.1 Å². The smallest absolute Gasteiger partial charge is 0.275 e. The molecule has 0 unspecified atom stereocenters. The summed E-state index contributed by atoms with van der Waals surface area (Å²) in [7, 11) is 4.08. The van der Waals surface area contributed by atoms with Crippen molar-refractivity contribution in [1.29, 1.82) is 0 Å². The minimum Gasteiger partial charge on any atom is -0.396 e. The van der Waals surface area contributed by atoms with Gasteiger partial charge in [-0.25, -0.2) is 0 Å². The van der Waals surface area contributed by atoms with Crippen molar-refractivity contribution in [1.82, 2.24) is 20.0 Å².